The Morgan fingerprint density at radius 1 is 1.12 bits per heavy atom. The smallest absolute Gasteiger partial charge is 0.123 e. The molecule has 2 rings (SSSR count). The summed E-state index contributed by atoms with van der Waals surface area (Å²) in [6.07, 6.45) is 4.41. The van der Waals surface area contributed by atoms with E-state index in [0.717, 1.165) is 18.4 Å². The van der Waals surface area contributed by atoms with Crippen LogP contribution in [0.4, 0.5) is 0 Å². The highest BCUT2D eigenvalue weighted by atomic mass is 16.3. The fourth-order valence-electron chi connectivity index (χ4n) is 2.66. The Kier molecular flexibility index (Phi) is 3.14. The molecule has 0 heterocycles. The van der Waals surface area contributed by atoms with Crippen LogP contribution in [0, 0.1) is 12.8 Å². The molecule has 0 unspecified atom stereocenters. The molecule has 2 nitrogen and oxygen atoms in total. The molecule has 92 valence electrons. The van der Waals surface area contributed by atoms with E-state index in [9.17, 15) is 10.2 Å². The van der Waals surface area contributed by atoms with E-state index in [1.165, 1.54) is 5.57 Å². The normalized spacial score (nSPS) is 24.5. The lowest BCUT2D eigenvalue weighted by atomic mass is 9.77. The highest BCUT2D eigenvalue weighted by molar-refractivity contribution is 5.50. The number of phenolic OH excluding ortho intramolecular Hbond substituents is 2. The Morgan fingerprint density at radius 3 is 2.29 bits per heavy atom. The first-order valence-corrected chi connectivity index (χ1v) is 6.19. The van der Waals surface area contributed by atoms with Crippen LogP contribution in [0.5, 0.6) is 11.5 Å². The van der Waals surface area contributed by atoms with Crippen molar-refractivity contribution in [2.24, 2.45) is 5.92 Å². The van der Waals surface area contributed by atoms with Gasteiger partial charge in [-0.1, -0.05) is 18.6 Å². The largest absolute Gasteiger partial charge is 0.507 e. The lowest BCUT2D eigenvalue weighted by Gasteiger charge is -2.28. The lowest BCUT2D eigenvalue weighted by molar-refractivity contribution is 0.397. The van der Waals surface area contributed by atoms with Gasteiger partial charge < -0.3 is 10.2 Å². The van der Waals surface area contributed by atoms with Gasteiger partial charge in [-0.15, -0.1) is 0 Å². The Morgan fingerprint density at radius 2 is 1.71 bits per heavy atom. The van der Waals surface area contributed by atoms with Crippen LogP contribution < -0.4 is 0 Å². The quantitative estimate of drug-likeness (QED) is 0.722. The number of benzene rings is 1. The van der Waals surface area contributed by atoms with Crippen molar-refractivity contribution in [3.63, 3.8) is 0 Å². The molecule has 0 aromatic heterocycles. The van der Waals surface area contributed by atoms with Gasteiger partial charge in [0.2, 0.25) is 0 Å². The van der Waals surface area contributed by atoms with Crippen LogP contribution in [0.1, 0.15) is 43.7 Å². The van der Waals surface area contributed by atoms with Crippen LogP contribution in [0.3, 0.4) is 0 Å². The van der Waals surface area contributed by atoms with Crippen LogP contribution in [0.2, 0.25) is 0 Å². The SMILES string of the molecule is CC1=C[C@@H](c2c(O)cc(C)cc2O)[C@H](C)CC1. The van der Waals surface area contributed by atoms with Gasteiger partial charge in [0.15, 0.2) is 0 Å². The molecule has 17 heavy (non-hydrogen) atoms. The molecule has 0 fully saturated rings. The van der Waals surface area contributed by atoms with Crippen molar-refractivity contribution in [1.29, 1.82) is 0 Å². The summed E-state index contributed by atoms with van der Waals surface area (Å²) in [4.78, 5) is 0. The molecule has 2 atom stereocenters. The van der Waals surface area contributed by atoms with Crippen molar-refractivity contribution >= 4 is 0 Å². The molecule has 2 heteroatoms. The highest BCUT2D eigenvalue weighted by Crippen LogP contribution is 2.43. The summed E-state index contributed by atoms with van der Waals surface area (Å²) in [6.45, 7) is 6.15. The molecule has 0 amide bonds. The second-order valence-corrected chi connectivity index (χ2v) is 5.27. The first kappa shape index (κ1) is 12.0. The minimum absolute atomic E-state index is 0.129. The van der Waals surface area contributed by atoms with E-state index in [0.29, 0.717) is 11.5 Å². The lowest BCUT2D eigenvalue weighted by Crippen LogP contribution is -2.13. The van der Waals surface area contributed by atoms with Crippen LogP contribution in [0.15, 0.2) is 23.8 Å². The first-order chi connectivity index (χ1) is 7.99. The number of rotatable bonds is 1. The summed E-state index contributed by atoms with van der Waals surface area (Å²) >= 11 is 0. The zero-order valence-electron chi connectivity index (χ0n) is 10.7. The molecule has 1 aromatic rings. The topological polar surface area (TPSA) is 40.5 Å². The van der Waals surface area contributed by atoms with Gasteiger partial charge in [-0.3, -0.25) is 0 Å². The van der Waals surface area contributed by atoms with Crippen molar-refractivity contribution < 1.29 is 10.2 Å². The minimum Gasteiger partial charge on any atom is -0.507 e. The Balaban J connectivity index is 2.49. The van der Waals surface area contributed by atoms with Gasteiger partial charge in [0.1, 0.15) is 11.5 Å². The number of phenols is 2. The molecule has 0 spiro atoms. The number of hydrogen-bond acceptors (Lipinski definition) is 2. The molecule has 0 aliphatic heterocycles. The van der Waals surface area contributed by atoms with E-state index in [2.05, 4.69) is 19.9 Å². The van der Waals surface area contributed by atoms with E-state index in [1.807, 2.05) is 6.92 Å². The van der Waals surface area contributed by atoms with Crippen molar-refractivity contribution in [3.8, 4) is 11.5 Å². The molecule has 0 saturated heterocycles. The van der Waals surface area contributed by atoms with Crippen LogP contribution in [-0.4, -0.2) is 10.2 Å². The van der Waals surface area contributed by atoms with Gasteiger partial charge in [0.05, 0.1) is 0 Å². The van der Waals surface area contributed by atoms with Crippen LogP contribution >= 0.6 is 0 Å². The Bertz CT molecular complexity index is 437. The van der Waals surface area contributed by atoms with E-state index in [-0.39, 0.29) is 17.4 Å². The van der Waals surface area contributed by atoms with Gasteiger partial charge in [-0.25, -0.2) is 0 Å². The summed E-state index contributed by atoms with van der Waals surface area (Å²) in [5, 5.41) is 20.1. The minimum atomic E-state index is 0.129. The van der Waals surface area contributed by atoms with Crippen molar-refractivity contribution in [2.75, 3.05) is 0 Å². The fraction of sp³-hybridized carbons (Fsp3) is 0.467. The van der Waals surface area contributed by atoms with E-state index >= 15 is 0 Å². The maximum absolute atomic E-state index is 10.0. The molecule has 0 saturated carbocycles. The summed E-state index contributed by atoms with van der Waals surface area (Å²) in [7, 11) is 0. The van der Waals surface area contributed by atoms with Gasteiger partial charge in [0.25, 0.3) is 0 Å². The molecule has 2 N–H and O–H groups in total. The monoisotopic (exact) mass is 232 g/mol. The molecular weight excluding hydrogens is 212 g/mol. The zero-order valence-corrected chi connectivity index (χ0v) is 10.7. The third-order valence-corrected chi connectivity index (χ3v) is 3.69. The van der Waals surface area contributed by atoms with Gasteiger partial charge in [-0.2, -0.15) is 0 Å². The first-order valence-electron chi connectivity index (χ1n) is 6.19. The average molecular weight is 232 g/mol. The van der Waals surface area contributed by atoms with Crippen molar-refractivity contribution in [3.05, 3.63) is 34.9 Å². The maximum atomic E-state index is 10.0. The molecule has 0 radical (unpaired) electrons. The van der Waals surface area contributed by atoms with Gasteiger partial charge in [0, 0.05) is 11.5 Å². The van der Waals surface area contributed by atoms with Crippen molar-refractivity contribution in [2.45, 2.75) is 39.5 Å². The van der Waals surface area contributed by atoms with E-state index < -0.39 is 0 Å². The van der Waals surface area contributed by atoms with Gasteiger partial charge in [-0.05, 0) is 50.3 Å². The molecule has 1 aliphatic rings. The second kappa shape index (κ2) is 4.44. The van der Waals surface area contributed by atoms with Crippen LogP contribution in [-0.2, 0) is 0 Å². The standard InChI is InChI=1S/C15H20O2/c1-9-4-5-11(3)12(6-9)15-13(16)7-10(2)8-14(15)17/h6-8,11-12,16-17H,4-5H2,1-3H3/t11-,12-/m1/s1. The third kappa shape index (κ3) is 2.31. The molecular formula is C15H20O2. The van der Waals surface area contributed by atoms with E-state index in [1.54, 1.807) is 12.1 Å². The summed E-state index contributed by atoms with van der Waals surface area (Å²) in [5.74, 6) is 1.01. The third-order valence-electron chi connectivity index (χ3n) is 3.69. The number of allylic oxidation sites excluding steroid dienone is 2. The average Bonchev–Trinajstić information content (AvgIpc) is 2.21. The predicted molar refractivity (Wildman–Crippen MR) is 69.4 cm³/mol. The Hall–Kier alpha value is -1.44. The van der Waals surface area contributed by atoms with Gasteiger partial charge >= 0.3 is 0 Å². The molecule has 0 bridgehead atoms. The summed E-state index contributed by atoms with van der Waals surface area (Å²) in [5.41, 5.74) is 2.91. The number of aromatic hydroxyl groups is 2. The fourth-order valence-corrected chi connectivity index (χ4v) is 2.66. The highest BCUT2D eigenvalue weighted by Gasteiger charge is 2.26. The molecule has 1 aliphatic carbocycles. The van der Waals surface area contributed by atoms with E-state index in [4.69, 9.17) is 0 Å². The number of hydrogen-bond donors (Lipinski definition) is 2. The summed E-state index contributed by atoms with van der Waals surface area (Å²) in [6, 6.07) is 3.44. The molecule has 1 aromatic carbocycles. The second-order valence-electron chi connectivity index (χ2n) is 5.27. The number of aryl methyl sites for hydroxylation is 1. The summed E-state index contributed by atoms with van der Waals surface area (Å²) < 4.78 is 0. The maximum Gasteiger partial charge on any atom is 0.123 e. The van der Waals surface area contributed by atoms with Crippen LogP contribution in [0.25, 0.3) is 0 Å². The predicted octanol–water partition coefficient (Wildman–Crippen LogP) is 3.87. The van der Waals surface area contributed by atoms with Crippen molar-refractivity contribution in [1.82, 2.24) is 0 Å². The Labute approximate surface area is 103 Å². The zero-order chi connectivity index (χ0) is 12.6.